The molecule has 0 radical (unpaired) electrons. The number of aromatic nitrogens is 1. The molecule has 7 heteroatoms. The molecule has 1 heterocycles. The first-order valence-corrected chi connectivity index (χ1v) is 12.7. The molecule has 0 bridgehead atoms. The summed E-state index contributed by atoms with van der Waals surface area (Å²) in [6.45, 7) is 9.88. The number of nitrogens with zero attached hydrogens (tertiary/aromatic N) is 1. The zero-order valence-electron chi connectivity index (χ0n) is 19.9. The van der Waals surface area contributed by atoms with Crippen LogP contribution in [0, 0.1) is 27.7 Å². The molecule has 4 rings (SSSR count). The van der Waals surface area contributed by atoms with E-state index < -0.39 is 0 Å². The Kier molecular flexibility index (Phi) is 7.05. The lowest BCUT2D eigenvalue weighted by molar-refractivity contribution is -0.115. The molecule has 4 aromatic rings. The van der Waals surface area contributed by atoms with Gasteiger partial charge in [0.2, 0.25) is 5.91 Å². The van der Waals surface area contributed by atoms with Gasteiger partial charge in [-0.25, -0.2) is 4.98 Å². The molecule has 3 aromatic carbocycles. The van der Waals surface area contributed by atoms with Gasteiger partial charge < -0.3 is 10.6 Å². The fourth-order valence-electron chi connectivity index (χ4n) is 3.86. The molecule has 0 saturated carbocycles. The van der Waals surface area contributed by atoms with Gasteiger partial charge in [-0.2, -0.15) is 0 Å². The van der Waals surface area contributed by atoms with E-state index >= 15 is 0 Å². The zero-order chi connectivity index (χ0) is 24.4. The second-order valence-corrected chi connectivity index (χ2v) is 11.1. The van der Waals surface area contributed by atoms with Crippen LogP contribution >= 0.6 is 23.1 Å². The van der Waals surface area contributed by atoms with Gasteiger partial charge >= 0.3 is 0 Å². The van der Waals surface area contributed by atoms with Crippen molar-refractivity contribution in [3.05, 3.63) is 82.4 Å². The Bertz CT molecular complexity index is 1370. The number of carbonyl (C=O) groups is 2. The Morgan fingerprint density at radius 1 is 0.912 bits per heavy atom. The van der Waals surface area contributed by atoms with Crippen LogP contribution in [0.3, 0.4) is 0 Å². The minimum atomic E-state index is -0.305. The molecule has 1 unspecified atom stereocenters. The molecule has 174 valence electrons. The van der Waals surface area contributed by atoms with E-state index in [2.05, 4.69) is 34.7 Å². The highest BCUT2D eigenvalue weighted by atomic mass is 32.2. The van der Waals surface area contributed by atoms with Crippen molar-refractivity contribution in [3.63, 3.8) is 0 Å². The van der Waals surface area contributed by atoms with E-state index in [1.165, 1.54) is 28.7 Å². The summed E-state index contributed by atoms with van der Waals surface area (Å²) >= 11 is 2.96. The van der Waals surface area contributed by atoms with Crippen LogP contribution in [0.15, 0.2) is 58.9 Å². The van der Waals surface area contributed by atoms with Crippen molar-refractivity contribution in [2.45, 2.75) is 44.2 Å². The van der Waals surface area contributed by atoms with Crippen LogP contribution in [0.4, 0.5) is 11.4 Å². The van der Waals surface area contributed by atoms with Gasteiger partial charge in [0, 0.05) is 16.9 Å². The lowest BCUT2D eigenvalue weighted by Gasteiger charge is -2.15. The number of fused-ring (bicyclic) bond motifs is 1. The molecule has 2 N–H and O–H groups in total. The summed E-state index contributed by atoms with van der Waals surface area (Å²) in [5, 5.41) is 5.75. The average molecular weight is 490 g/mol. The maximum absolute atomic E-state index is 12.9. The Morgan fingerprint density at radius 3 is 2.32 bits per heavy atom. The number of thioether (sulfide) groups is 1. The van der Waals surface area contributed by atoms with Gasteiger partial charge in [-0.1, -0.05) is 47.7 Å². The molecule has 1 aromatic heterocycles. The largest absolute Gasteiger partial charge is 0.325 e. The molecule has 34 heavy (non-hydrogen) atoms. The number of carbonyl (C=O) groups excluding carboxylic acids is 2. The number of anilines is 2. The Balaban J connectivity index is 1.45. The summed E-state index contributed by atoms with van der Waals surface area (Å²) in [6.07, 6.45) is 0. The van der Waals surface area contributed by atoms with Crippen LogP contribution in [0.1, 0.15) is 39.5 Å². The number of rotatable bonds is 6. The van der Waals surface area contributed by atoms with E-state index in [1.54, 1.807) is 0 Å². The van der Waals surface area contributed by atoms with Gasteiger partial charge in [-0.3, -0.25) is 9.59 Å². The maximum atomic E-state index is 12.9. The second-order valence-electron chi connectivity index (χ2n) is 8.45. The predicted molar refractivity (Wildman–Crippen MR) is 143 cm³/mol. The van der Waals surface area contributed by atoms with Gasteiger partial charge in [-0.05, 0) is 75.6 Å². The zero-order valence-corrected chi connectivity index (χ0v) is 21.5. The number of benzene rings is 3. The van der Waals surface area contributed by atoms with Gasteiger partial charge in [0.15, 0.2) is 4.34 Å². The Labute approximate surface area is 208 Å². The number of nitrogens with one attached hydrogen (secondary N) is 2. The van der Waals surface area contributed by atoms with Crippen LogP contribution in [-0.2, 0) is 4.79 Å². The van der Waals surface area contributed by atoms with Crippen molar-refractivity contribution >= 4 is 56.5 Å². The summed E-state index contributed by atoms with van der Waals surface area (Å²) in [5.41, 5.74) is 7.33. The third kappa shape index (κ3) is 5.32. The number of hydrogen-bond donors (Lipinski definition) is 2. The summed E-state index contributed by atoms with van der Waals surface area (Å²) in [5.74, 6) is -0.186. The lowest BCUT2D eigenvalue weighted by Crippen LogP contribution is -2.23. The molecular formula is C27H27N3O2S2. The van der Waals surface area contributed by atoms with Crippen molar-refractivity contribution < 1.29 is 9.59 Å². The van der Waals surface area contributed by atoms with Crippen molar-refractivity contribution in [1.82, 2.24) is 4.98 Å². The van der Waals surface area contributed by atoms with Gasteiger partial charge in [0.1, 0.15) is 0 Å². The molecule has 0 saturated heterocycles. The highest BCUT2D eigenvalue weighted by molar-refractivity contribution is 8.02. The van der Waals surface area contributed by atoms with Crippen LogP contribution in [0.25, 0.3) is 10.2 Å². The Morgan fingerprint density at radius 2 is 1.62 bits per heavy atom. The predicted octanol–water partition coefficient (Wildman–Crippen LogP) is 6.90. The maximum Gasteiger partial charge on any atom is 0.255 e. The summed E-state index contributed by atoms with van der Waals surface area (Å²) in [6, 6.07) is 17.3. The van der Waals surface area contributed by atoms with Gasteiger partial charge in [0.05, 0.1) is 15.5 Å². The van der Waals surface area contributed by atoms with Crippen molar-refractivity contribution in [2.75, 3.05) is 10.6 Å². The first-order valence-electron chi connectivity index (χ1n) is 11.0. The third-order valence-corrected chi connectivity index (χ3v) is 7.80. The molecular weight excluding hydrogens is 462 g/mol. The fraction of sp³-hybridized carbons (Fsp3) is 0.222. The quantitative estimate of drug-likeness (QED) is 0.289. The molecule has 0 aliphatic carbocycles. The van der Waals surface area contributed by atoms with E-state index in [0.717, 1.165) is 42.6 Å². The summed E-state index contributed by atoms with van der Waals surface area (Å²) in [7, 11) is 0. The molecule has 5 nitrogen and oxygen atoms in total. The van der Waals surface area contributed by atoms with E-state index in [9.17, 15) is 9.59 Å². The molecule has 2 amide bonds. The minimum absolute atomic E-state index is 0.0505. The fourth-order valence-corrected chi connectivity index (χ4v) is 6.12. The normalized spacial score (nSPS) is 11.9. The molecule has 1 atom stereocenters. The van der Waals surface area contributed by atoms with Crippen LogP contribution in [0.5, 0.6) is 0 Å². The molecule has 0 aliphatic heterocycles. The third-order valence-electron chi connectivity index (χ3n) is 5.59. The van der Waals surface area contributed by atoms with Gasteiger partial charge in [0.25, 0.3) is 5.91 Å². The Hall–Kier alpha value is -3.16. The summed E-state index contributed by atoms with van der Waals surface area (Å²) < 4.78 is 1.78. The van der Waals surface area contributed by atoms with Crippen LogP contribution < -0.4 is 10.6 Å². The number of aryl methyl sites for hydroxylation is 4. The van der Waals surface area contributed by atoms with Crippen molar-refractivity contribution in [2.24, 2.45) is 0 Å². The topological polar surface area (TPSA) is 71.1 Å². The monoisotopic (exact) mass is 489 g/mol. The minimum Gasteiger partial charge on any atom is -0.325 e. The van der Waals surface area contributed by atoms with E-state index in [4.69, 9.17) is 0 Å². The highest BCUT2D eigenvalue weighted by Crippen LogP contribution is 2.34. The number of thiazole rings is 1. The molecule has 0 spiro atoms. The summed E-state index contributed by atoms with van der Waals surface area (Å²) in [4.78, 5) is 30.2. The van der Waals surface area contributed by atoms with E-state index in [-0.39, 0.29) is 17.1 Å². The molecule has 0 fully saturated rings. The smallest absolute Gasteiger partial charge is 0.255 e. The van der Waals surface area contributed by atoms with E-state index in [0.29, 0.717) is 5.56 Å². The number of amides is 2. The van der Waals surface area contributed by atoms with Crippen molar-refractivity contribution in [1.29, 1.82) is 0 Å². The standard InChI is InChI=1S/C27H27N3O2S2/c1-15-12-17(3)24(18(4)13-15)30-25(31)19(5)33-27-29-22-11-10-20(14-23(22)34-27)28-26(32)21-9-7-6-8-16(21)2/h6-14,19H,1-5H3,(H,28,32)(H,30,31). The first kappa shape index (κ1) is 24.0. The van der Waals surface area contributed by atoms with Crippen LogP contribution in [-0.4, -0.2) is 22.0 Å². The molecule has 0 aliphatic rings. The SMILES string of the molecule is Cc1cc(C)c(NC(=O)C(C)Sc2nc3ccc(NC(=O)c4ccccc4C)cc3s2)c(C)c1. The van der Waals surface area contributed by atoms with Gasteiger partial charge in [-0.15, -0.1) is 11.3 Å². The van der Waals surface area contributed by atoms with Crippen LogP contribution in [0.2, 0.25) is 0 Å². The van der Waals surface area contributed by atoms with E-state index in [1.807, 2.05) is 70.2 Å². The average Bonchev–Trinajstić information content (AvgIpc) is 3.17. The lowest BCUT2D eigenvalue weighted by atomic mass is 10.1. The first-order chi connectivity index (χ1) is 16.2. The second kappa shape index (κ2) is 9.99. The highest BCUT2D eigenvalue weighted by Gasteiger charge is 2.19. The van der Waals surface area contributed by atoms with Crippen molar-refractivity contribution in [3.8, 4) is 0 Å². The number of hydrogen-bond acceptors (Lipinski definition) is 5.